The van der Waals surface area contributed by atoms with Gasteiger partial charge in [-0.2, -0.15) is 0 Å². The summed E-state index contributed by atoms with van der Waals surface area (Å²) in [5.74, 6) is -1.09. The molecule has 22 heavy (non-hydrogen) atoms. The van der Waals surface area contributed by atoms with Crippen LogP contribution in [0.5, 0.6) is 0 Å². The summed E-state index contributed by atoms with van der Waals surface area (Å²) in [6.45, 7) is 12.2. The van der Waals surface area contributed by atoms with Crippen LogP contribution >= 0.6 is 0 Å². The highest BCUT2D eigenvalue weighted by Gasteiger charge is 2.14. The Balaban J connectivity index is 2.05. The lowest BCUT2D eigenvalue weighted by molar-refractivity contribution is -0.139. The summed E-state index contributed by atoms with van der Waals surface area (Å²) < 4.78 is 5.26. The van der Waals surface area contributed by atoms with E-state index < -0.39 is 11.8 Å². The Morgan fingerprint density at radius 3 is 2.23 bits per heavy atom. The zero-order valence-corrected chi connectivity index (χ0v) is 13.9. The van der Waals surface area contributed by atoms with Crippen molar-refractivity contribution in [2.24, 2.45) is 0 Å². The summed E-state index contributed by atoms with van der Waals surface area (Å²) in [4.78, 5) is 27.8. The second-order valence-corrected chi connectivity index (χ2v) is 5.35. The molecule has 1 aliphatic heterocycles. The van der Waals surface area contributed by atoms with E-state index in [0.29, 0.717) is 13.1 Å². The van der Waals surface area contributed by atoms with Gasteiger partial charge >= 0.3 is 11.8 Å². The molecule has 0 unspecified atom stereocenters. The summed E-state index contributed by atoms with van der Waals surface area (Å²) in [6.07, 6.45) is 0.856. The molecule has 0 bridgehead atoms. The molecule has 1 aliphatic rings. The molecule has 0 spiro atoms. The van der Waals surface area contributed by atoms with Crippen LogP contribution < -0.4 is 10.6 Å². The Bertz CT molecular complexity index is 329. The van der Waals surface area contributed by atoms with E-state index in [2.05, 4.69) is 34.3 Å². The Morgan fingerprint density at radius 1 is 1.05 bits per heavy atom. The van der Waals surface area contributed by atoms with Crippen molar-refractivity contribution in [1.82, 2.24) is 20.4 Å². The van der Waals surface area contributed by atoms with Crippen molar-refractivity contribution in [2.45, 2.75) is 20.3 Å². The second kappa shape index (κ2) is 11.4. The van der Waals surface area contributed by atoms with Crippen LogP contribution in [0.25, 0.3) is 0 Å². The predicted molar refractivity (Wildman–Crippen MR) is 85.7 cm³/mol. The smallest absolute Gasteiger partial charge is 0.309 e. The normalized spacial score (nSPS) is 15.8. The van der Waals surface area contributed by atoms with Gasteiger partial charge in [-0.15, -0.1) is 0 Å². The van der Waals surface area contributed by atoms with Crippen LogP contribution in [0.3, 0.4) is 0 Å². The molecule has 0 aromatic heterocycles. The lowest BCUT2D eigenvalue weighted by Crippen LogP contribution is -2.45. The van der Waals surface area contributed by atoms with Crippen LogP contribution in [-0.4, -0.2) is 87.2 Å². The van der Waals surface area contributed by atoms with Gasteiger partial charge in [0, 0.05) is 32.7 Å². The van der Waals surface area contributed by atoms with Gasteiger partial charge in [0.1, 0.15) is 0 Å². The standard InChI is InChI=1S/C15H30N4O3/c1-3-18(4-2)8-5-6-16-14(20)15(21)17-7-9-19-10-12-22-13-11-19/h3-13H2,1-2H3,(H,16,20)(H,17,21). The fourth-order valence-electron chi connectivity index (χ4n) is 2.36. The molecule has 1 rings (SSSR count). The lowest BCUT2D eigenvalue weighted by atomic mass is 10.3. The molecule has 0 radical (unpaired) electrons. The summed E-state index contributed by atoms with van der Waals surface area (Å²) in [5, 5.41) is 5.32. The van der Waals surface area contributed by atoms with E-state index in [0.717, 1.165) is 58.9 Å². The second-order valence-electron chi connectivity index (χ2n) is 5.35. The number of nitrogens with one attached hydrogen (secondary N) is 2. The molecule has 1 fully saturated rings. The predicted octanol–water partition coefficient (Wildman–Crippen LogP) is -0.717. The molecule has 1 saturated heterocycles. The molecular weight excluding hydrogens is 284 g/mol. The molecule has 128 valence electrons. The molecule has 2 N–H and O–H groups in total. The molecule has 0 atom stereocenters. The first kappa shape index (κ1) is 18.9. The van der Waals surface area contributed by atoms with E-state index in [1.54, 1.807) is 0 Å². The van der Waals surface area contributed by atoms with Crippen molar-refractivity contribution in [3.8, 4) is 0 Å². The molecule has 0 aromatic carbocycles. The average Bonchev–Trinajstić information content (AvgIpc) is 2.55. The zero-order valence-electron chi connectivity index (χ0n) is 13.9. The minimum absolute atomic E-state index is 0.492. The van der Waals surface area contributed by atoms with E-state index in [4.69, 9.17) is 4.74 Å². The van der Waals surface area contributed by atoms with E-state index in [9.17, 15) is 9.59 Å². The molecule has 2 amide bonds. The Morgan fingerprint density at radius 2 is 1.64 bits per heavy atom. The fourth-order valence-corrected chi connectivity index (χ4v) is 2.36. The van der Waals surface area contributed by atoms with Crippen LogP contribution in [-0.2, 0) is 14.3 Å². The van der Waals surface area contributed by atoms with Gasteiger partial charge in [0.15, 0.2) is 0 Å². The fraction of sp³-hybridized carbons (Fsp3) is 0.867. The lowest BCUT2D eigenvalue weighted by Gasteiger charge is -2.26. The van der Waals surface area contributed by atoms with Gasteiger partial charge in [-0.05, 0) is 26.1 Å². The molecule has 0 aromatic rings. The number of amides is 2. The van der Waals surface area contributed by atoms with Crippen LogP contribution in [0, 0.1) is 0 Å². The summed E-state index contributed by atoms with van der Waals surface area (Å²) in [5.41, 5.74) is 0. The third-order valence-corrected chi connectivity index (χ3v) is 3.85. The van der Waals surface area contributed by atoms with E-state index >= 15 is 0 Å². The maximum absolute atomic E-state index is 11.6. The van der Waals surface area contributed by atoms with Crippen LogP contribution in [0.2, 0.25) is 0 Å². The molecule has 7 nitrogen and oxygen atoms in total. The van der Waals surface area contributed by atoms with Gasteiger partial charge in [-0.1, -0.05) is 13.8 Å². The van der Waals surface area contributed by atoms with E-state index in [1.807, 2.05) is 0 Å². The average molecular weight is 314 g/mol. The third-order valence-electron chi connectivity index (χ3n) is 3.85. The molecular formula is C15H30N4O3. The van der Waals surface area contributed by atoms with E-state index in [-0.39, 0.29) is 0 Å². The number of hydrogen-bond donors (Lipinski definition) is 2. The molecule has 0 aliphatic carbocycles. The Hall–Kier alpha value is -1.18. The number of rotatable bonds is 9. The SMILES string of the molecule is CCN(CC)CCCNC(=O)C(=O)NCCN1CCOCC1. The molecule has 1 heterocycles. The van der Waals surface area contributed by atoms with Crippen LogP contribution in [0.1, 0.15) is 20.3 Å². The summed E-state index contributed by atoms with van der Waals surface area (Å²) >= 11 is 0. The number of nitrogens with zero attached hydrogens (tertiary/aromatic N) is 2. The van der Waals surface area contributed by atoms with Crippen molar-refractivity contribution in [2.75, 3.05) is 65.6 Å². The summed E-state index contributed by atoms with van der Waals surface area (Å²) in [7, 11) is 0. The van der Waals surface area contributed by atoms with Gasteiger partial charge < -0.3 is 20.3 Å². The topological polar surface area (TPSA) is 73.9 Å². The summed E-state index contributed by atoms with van der Waals surface area (Å²) in [6, 6.07) is 0. The van der Waals surface area contributed by atoms with Crippen LogP contribution in [0.15, 0.2) is 0 Å². The van der Waals surface area contributed by atoms with Crippen molar-refractivity contribution in [3.05, 3.63) is 0 Å². The quantitative estimate of drug-likeness (QED) is 0.434. The van der Waals surface area contributed by atoms with Gasteiger partial charge in [0.25, 0.3) is 0 Å². The maximum atomic E-state index is 11.6. The highest BCUT2D eigenvalue weighted by atomic mass is 16.5. The van der Waals surface area contributed by atoms with Crippen molar-refractivity contribution < 1.29 is 14.3 Å². The van der Waals surface area contributed by atoms with Gasteiger partial charge in [0.2, 0.25) is 0 Å². The number of ether oxygens (including phenoxy) is 1. The zero-order chi connectivity index (χ0) is 16.2. The highest BCUT2D eigenvalue weighted by Crippen LogP contribution is 1.94. The first-order valence-corrected chi connectivity index (χ1v) is 8.25. The first-order chi connectivity index (χ1) is 10.7. The third kappa shape index (κ3) is 7.72. The highest BCUT2D eigenvalue weighted by molar-refractivity contribution is 6.35. The van der Waals surface area contributed by atoms with Crippen molar-refractivity contribution >= 4 is 11.8 Å². The monoisotopic (exact) mass is 314 g/mol. The number of carbonyl (C=O) groups is 2. The van der Waals surface area contributed by atoms with Crippen molar-refractivity contribution in [3.63, 3.8) is 0 Å². The van der Waals surface area contributed by atoms with Gasteiger partial charge in [-0.3, -0.25) is 14.5 Å². The molecule has 0 saturated carbocycles. The maximum Gasteiger partial charge on any atom is 0.309 e. The number of hydrogen-bond acceptors (Lipinski definition) is 5. The first-order valence-electron chi connectivity index (χ1n) is 8.25. The minimum atomic E-state index is -0.545. The molecule has 7 heteroatoms. The number of carbonyl (C=O) groups excluding carboxylic acids is 2. The van der Waals surface area contributed by atoms with Crippen LogP contribution in [0.4, 0.5) is 0 Å². The van der Waals surface area contributed by atoms with Gasteiger partial charge in [-0.25, -0.2) is 0 Å². The largest absolute Gasteiger partial charge is 0.379 e. The van der Waals surface area contributed by atoms with Gasteiger partial charge in [0.05, 0.1) is 13.2 Å². The number of morpholine rings is 1. The van der Waals surface area contributed by atoms with Crippen molar-refractivity contribution in [1.29, 1.82) is 0 Å². The minimum Gasteiger partial charge on any atom is -0.379 e. The Kier molecular flexibility index (Phi) is 9.77. The Labute approximate surface area is 133 Å². The van der Waals surface area contributed by atoms with E-state index in [1.165, 1.54) is 0 Å².